The number of thiophene rings is 1. The van der Waals surface area contributed by atoms with E-state index in [1.807, 2.05) is 36.9 Å². The van der Waals surface area contributed by atoms with Crippen LogP contribution >= 0.6 is 11.3 Å². The molecule has 1 aliphatic rings. The highest BCUT2D eigenvalue weighted by atomic mass is 32.1. The fourth-order valence-electron chi connectivity index (χ4n) is 3.13. The second-order valence-electron chi connectivity index (χ2n) is 6.85. The summed E-state index contributed by atoms with van der Waals surface area (Å²) in [6, 6.07) is 10.6. The van der Waals surface area contributed by atoms with Crippen LogP contribution < -0.4 is 5.32 Å². The van der Waals surface area contributed by atoms with Crippen LogP contribution in [0.1, 0.15) is 31.6 Å². The number of carbonyl (C=O) groups excluding carboxylic acids is 2. The van der Waals surface area contributed by atoms with E-state index in [9.17, 15) is 14.0 Å². The van der Waals surface area contributed by atoms with E-state index in [0.717, 1.165) is 9.75 Å². The van der Waals surface area contributed by atoms with Gasteiger partial charge in [0.1, 0.15) is 5.82 Å². The lowest BCUT2D eigenvalue weighted by Gasteiger charge is -2.32. The average molecular weight is 374 g/mol. The minimum atomic E-state index is -0.240. The molecule has 0 bridgehead atoms. The summed E-state index contributed by atoms with van der Waals surface area (Å²) in [4.78, 5) is 28.0. The highest BCUT2D eigenvalue weighted by molar-refractivity contribution is 7.15. The smallest absolute Gasteiger partial charge is 0.228 e. The lowest BCUT2D eigenvalue weighted by Crippen LogP contribution is -2.46. The zero-order valence-corrected chi connectivity index (χ0v) is 15.8. The molecule has 4 nitrogen and oxygen atoms in total. The van der Waals surface area contributed by atoms with Gasteiger partial charge in [-0.2, -0.15) is 0 Å². The van der Waals surface area contributed by atoms with Crippen molar-refractivity contribution in [1.82, 2.24) is 10.2 Å². The van der Waals surface area contributed by atoms with Crippen molar-refractivity contribution in [3.8, 4) is 10.4 Å². The molecule has 3 rings (SSSR count). The molecule has 2 aromatic rings. The first kappa shape index (κ1) is 18.6. The van der Waals surface area contributed by atoms with Crippen LogP contribution in [0.15, 0.2) is 36.4 Å². The van der Waals surface area contributed by atoms with Crippen LogP contribution in [0.5, 0.6) is 0 Å². The van der Waals surface area contributed by atoms with Gasteiger partial charge in [-0.3, -0.25) is 9.59 Å². The third kappa shape index (κ3) is 4.12. The van der Waals surface area contributed by atoms with Gasteiger partial charge in [0.15, 0.2) is 0 Å². The van der Waals surface area contributed by atoms with Crippen LogP contribution in [0, 0.1) is 11.7 Å². The summed E-state index contributed by atoms with van der Waals surface area (Å²) < 4.78 is 14.0. The van der Waals surface area contributed by atoms with Crippen molar-refractivity contribution in [2.24, 2.45) is 5.92 Å². The molecule has 0 aliphatic carbocycles. The summed E-state index contributed by atoms with van der Waals surface area (Å²) in [6.45, 7) is 4.89. The Morgan fingerprint density at radius 1 is 1.31 bits per heavy atom. The van der Waals surface area contributed by atoms with Crippen LogP contribution in [0.2, 0.25) is 0 Å². The molecule has 0 saturated carbocycles. The summed E-state index contributed by atoms with van der Waals surface area (Å²) >= 11 is 1.51. The molecule has 1 aromatic heterocycles. The van der Waals surface area contributed by atoms with E-state index >= 15 is 0 Å². The maximum absolute atomic E-state index is 14.0. The monoisotopic (exact) mass is 374 g/mol. The van der Waals surface area contributed by atoms with Gasteiger partial charge >= 0.3 is 0 Å². The second-order valence-corrected chi connectivity index (χ2v) is 8.01. The Kier molecular flexibility index (Phi) is 5.71. The SMILES string of the molecule is CC(C)N(Cc1ccc(-c2ccccc2F)s1)C(=O)C1CCC(=O)NC1. The predicted molar refractivity (Wildman–Crippen MR) is 101 cm³/mol. The molecule has 0 radical (unpaired) electrons. The number of benzene rings is 1. The van der Waals surface area contributed by atoms with Crippen molar-refractivity contribution in [1.29, 1.82) is 0 Å². The Labute approximate surface area is 157 Å². The Hall–Kier alpha value is -2.21. The van der Waals surface area contributed by atoms with Crippen LogP contribution in [0.3, 0.4) is 0 Å². The summed E-state index contributed by atoms with van der Waals surface area (Å²) in [7, 11) is 0. The van der Waals surface area contributed by atoms with Gasteiger partial charge in [-0.15, -0.1) is 11.3 Å². The summed E-state index contributed by atoms with van der Waals surface area (Å²) in [6.07, 6.45) is 0.998. The number of amides is 2. The molecule has 1 fully saturated rings. The molecule has 2 amide bonds. The number of carbonyl (C=O) groups is 2. The standard InChI is InChI=1S/C20H23FN2O2S/c1-13(2)23(20(25)14-7-10-19(24)22-11-14)12-15-8-9-18(26-15)16-5-3-4-6-17(16)21/h3-6,8-9,13-14H,7,10-12H2,1-2H3,(H,22,24). The number of rotatable bonds is 5. The number of piperidine rings is 1. The molecule has 1 aliphatic heterocycles. The summed E-state index contributed by atoms with van der Waals surface area (Å²) in [5.74, 6) is -0.324. The van der Waals surface area contributed by atoms with E-state index in [-0.39, 0.29) is 29.6 Å². The van der Waals surface area contributed by atoms with Crippen molar-refractivity contribution in [3.63, 3.8) is 0 Å². The largest absolute Gasteiger partial charge is 0.355 e. The molecule has 1 saturated heterocycles. The van der Waals surface area contributed by atoms with Gasteiger partial charge in [0, 0.05) is 34.3 Å². The van der Waals surface area contributed by atoms with E-state index in [1.54, 1.807) is 12.1 Å². The molecule has 0 spiro atoms. The molecule has 2 heterocycles. The Morgan fingerprint density at radius 3 is 2.73 bits per heavy atom. The highest BCUT2D eigenvalue weighted by Gasteiger charge is 2.29. The Balaban J connectivity index is 1.74. The van der Waals surface area contributed by atoms with Gasteiger partial charge in [0.2, 0.25) is 11.8 Å². The lowest BCUT2D eigenvalue weighted by atomic mass is 9.97. The van der Waals surface area contributed by atoms with Gasteiger partial charge in [0.05, 0.1) is 12.5 Å². The van der Waals surface area contributed by atoms with E-state index in [1.165, 1.54) is 17.4 Å². The van der Waals surface area contributed by atoms with Crippen molar-refractivity contribution in [3.05, 3.63) is 47.1 Å². The van der Waals surface area contributed by atoms with Crippen molar-refractivity contribution < 1.29 is 14.0 Å². The van der Waals surface area contributed by atoms with Gasteiger partial charge in [-0.25, -0.2) is 4.39 Å². The third-order valence-corrected chi connectivity index (χ3v) is 5.75. The number of nitrogens with zero attached hydrogens (tertiary/aromatic N) is 1. The van der Waals surface area contributed by atoms with Crippen LogP contribution in [-0.2, 0) is 16.1 Å². The van der Waals surface area contributed by atoms with Gasteiger partial charge < -0.3 is 10.2 Å². The second kappa shape index (κ2) is 7.99. The zero-order chi connectivity index (χ0) is 18.7. The quantitative estimate of drug-likeness (QED) is 0.865. The third-order valence-electron chi connectivity index (χ3n) is 4.65. The lowest BCUT2D eigenvalue weighted by molar-refractivity contribution is -0.139. The van der Waals surface area contributed by atoms with Gasteiger partial charge in [-0.1, -0.05) is 18.2 Å². The molecule has 1 N–H and O–H groups in total. The number of halogens is 1. The molecule has 1 unspecified atom stereocenters. The van der Waals surface area contributed by atoms with E-state index < -0.39 is 0 Å². The van der Waals surface area contributed by atoms with Crippen molar-refractivity contribution >= 4 is 23.2 Å². The topological polar surface area (TPSA) is 49.4 Å². The first-order valence-electron chi connectivity index (χ1n) is 8.86. The molecule has 26 heavy (non-hydrogen) atoms. The number of nitrogens with one attached hydrogen (secondary N) is 1. The fraction of sp³-hybridized carbons (Fsp3) is 0.400. The van der Waals surface area contributed by atoms with Crippen molar-refractivity contribution in [2.75, 3.05) is 6.54 Å². The average Bonchev–Trinajstić information content (AvgIpc) is 3.08. The fourth-order valence-corrected chi connectivity index (χ4v) is 4.16. The first-order chi connectivity index (χ1) is 12.5. The summed E-state index contributed by atoms with van der Waals surface area (Å²) in [5.41, 5.74) is 0.584. The normalized spacial score (nSPS) is 17.2. The first-order valence-corrected chi connectivity index (χ1v) is 9.68. The molecule has 6 heteroatoms. The van der Waals surface area contributed by atoms with Gasteiger partial charge in [-0.05, 0) is 38.5 Å². The molecule has 1 aromatic carbocycles. The number of hydrogen-bond acceptors (Lipinski definition) is 3. The Bertz CT molecular complexity index is 793. The minimum absolute atomic E-state index is 0.0120. The molecule has 138 valence electrons. The van der Waals surface area contributed by atoms with Crippen LogP contribution in [0.4, 0.5) is 4.39 Å². The van der Waals surface area contributed by atoms with Gasteiger partial charge in [0.25, 0.3) is 0 Å². The molecular weight excluding hydrogens is 351 g/mol. The predicted octanol–water partition coefficient (Wildman–Crippen LogP) is 3.82. The molecule has 1 atom stereocenters. The van der Waals surface area contributed by atoms with E-state index in [0.29, 0.717) is 31.5 Å². The maximum Gasteiger partial charge on any atom is 0.228 e. The van der Waals surface area contributed by atoms with E-state index in [2.05, 4.69) is 5.32 Å². The minimum Gasteiger partial charge on any atom is -0.355 e. The zero-order valence-electron chi connectivity index (χ0n) is 15.0. The summed E-state index contributed by atoms with van der Waals surface area (Å²) in [5, 5.41) is 2.78. The maximum atomic E-state index is 14.0. The van der Waals surface area contributed by atoms with Crippen LogP contribution in [0.25, 0.3) is 10.4 Å². The Morgan fingerprint density at radius 2 is 2.08 bits per heavy atom. The number of hydrogen-bond donors (Lipinski definition) is 1. The molecular formula is C20H23FN2O2S. The van der Waals surface area contributed by atoms with E-state index in [4.69, 9.17) is 0 Å². The highest BCUT2D eigenvalue weighted by Crippen LogP contribution is 2.31. The van der Waals surface area contributed by atoms with Crippen molar-refractivity contribution in [2.45, 2.75) is 39.3 Å². The van der Waals surface area contributed by atoms with Crippen LogP contribution in [-0.4, -0.2) is 29.3 Å².